The van der Waals surface area contributed by atoms with E-state index >= 15 is 0 Å². The molecule has 4 heteroatoms. The summed E-state index contributed by atoms with van der Waals surface area (Å²) in [6.07, 6.45) is 4.95. The van der Waals surface area contributed by atoms with Crippen LogP contribution in [0.15, 0.2) is 30.5 Å². The van der Waals surface area contributed by atoms with Crippen LogP contribution in [0.5, 0.6) is 0 Å². The summed E-state index contributed by atoms with van der Waals surface area (Å²) in [7, 11) is 4.12. The highest BCUT2D eigenvalue weighted by Gasteiger charge is 2.20. The molecule has 0 atom stereocenters. The lowest BCUT2D eigenvalue weighted by Crippen LogP contribution is -2.29. The Labute approximate surface area is 125 Å². The quantitative estimate of drug-likeness (QED) is 0.862. The Morgan fingerprint density at radius 1 is 1.19 bits per heavy atom. The minimum absolute atomic E-state index is 0.264. The minimum Gasteiger partial charge on any atom is -0.342 e. The average molecular weight is 285 g/mol. The van der Waals surface area contributed by atoms with Crippen LogP contribution in [0.3, 0.4) is 0 Å². The summed E-state index contributed by atoms with van der Waals surface area (Å²) >= 11 is 0. The van der Waals surface area contributed by atoms with Crippen LogP contribution in [0.4, 0.5) is 0 Å². The van der Waals surface area contributed by atoms with Crippen LogP contribution in [0.1, 0.15) is 18.4 Å². The molecule has 1 aliphatic rings. The summed E-state index contributed by atoms with van der Waals surface area (Å²) in [5.74, 6) is 0.264. The number of rotatable bonds is 4. The smallest absolute Gasteiger partial charge is 0.227 e. The fourth-order valence-electron chi connectivity index (χ4n) is 3.13. The Morgan fingerprint density at radius 2 is 1.90 bits per heavy atom. The summed E-state index contributed by atoms with van der Waals surface area (Å²) in [5, 5.41) is 1.20. The van der Waals surface area contributed by atoms with E-state index < -0.39 is 0 Å². The van der Waals surface area contributed by atoms with Gasteiger partial charge in [-0.2, -0.15) is 0 Å². The molecule has 1 amide bonds. The first-order valence-corrected chi connectivity index (χ1v) is 7.64. The normalized spacial score (nSPS) is 15.3. The Morgan fingerprint density at radius 3 is 2.62 bits per heavy atom. The van der Waals surface area contributed by atoms with Crippen molar-refractivity contribution >= 4 is 16.8 Å². The molecule has 21 heavy (non-hydrogen) atoms. The molecule has 112 valence electrons. The first-order valence-electron chi connectivity index (χ1n) is 7.64. The van der Waals surface area contributed by atoms with Crippen molar-refractivity contribution in [3.05, 3.63) is 36.0 Å². The molecule has 0 bridgehead atoms. The van der Waals surface area contributed by atoms with Gasteiger partial charge in [-0.15, -0.1) is 0 Å². The van der Waals surface area contributed by atoms with Crippen molar-refractivity contribution < 1.29 is 4.79 Å². The molecule has 3 rings (SSSR count). The zero-order valence-electron chi connectivity index (χ0n) is 12.9. The number of para-hydroxylation sites is 1. The van der Waals surface area contributed by atoms with Crippen LogP contribution in [0.25, 0.3) is 10.9 Å². The van der Waals surface area contributed by atoms with E-state index in [1.54, 1.807) is 0 Å². The van der Waals surface area contributed by atoms with Gasteiger partial charge in [-0.3, -0.25) is 9.69 Å². The number of nitrogens with zero attached hydrogens (tertiary/aromatic N) is 3. The maximum atomic E-state index is 12.4. The van der Waals surface area contributed by atoms with Gasteiger partial charge in [0.25, 0.3) is 0 Å². The molecule has 1 fully saturated rings. The predicted molar refractivity (Wildman–Crippen MR) is 85.1 cm³/mol. The van der Waals surface area contributed by atoms with Crippen LogP contribution >= 0.6 is 0 Å². The van der Waals surface area contributed by atoms with E-state index in [4.69, 9.17) is 0 Å². The lowest BCUT2D eigenvalue weighted by molar-refractivity contribution is -0.129. The topological polar surface area (TPSA) is 28.5 Å². The van der Waals surface area contributed by atoms with Gasteiger partial charge < -0.3 is 9.47 Å². The molecule has 1 aliphatic heterocycles. The predicted octanol–water partition coefficient (Wildman–Crippen LogP) is 2.33. The Balaban J connectivity index is 1.89. The highest BCUT2D eigenvalue weighted by molar-refractivity contribution is 5.89. The van der Waals surface area contributed by atoms with Crippen molar-refractivity contribution in [2.45, 2.75) is 25.9 Å². The third kappa shape index (κ3) is 2.95. The van der Waals surface area contributed by atoms with E-state index in [9.17, 15) is 4.79 Å². The van der Waals surface area contributed by atoms with Crippen molar-refractivity contribution in [3.63, 3.8) is 0 Å². The molecule has 0 aliphatic carbocycles. The summed E-state index contributed by atoms with van der Waals surface area (Å²) in [6, 6.07) is 8.35. The third-order valence-electron chi connectivity index (χ3n) is 4.11. The number of hydrogen-bond acceptors (Lipinski definition) is 2. The highest BCUT2D eigenvalue weighted by atomic mass is 16.2. The van der Waals surface area contributed by atoms with Crippen molar-refractivity contribution in [2.75, 3.05) is 27.2 Å². The maximum Gasteiger partial charge on any atom is 0.227 e. The average Bonchev–Trinajstić information content (AvgIpc) is 3.08. The number of carbonyl (C=O) groups excluding carboxylic acids is 1. The molecule has 0 radical (unpaired) electrons. The third-order valence-corrected chi connectivity index (χ3v) is 4.11. The summed E-state index contributed by atoms with van der Waals surface area (Å²) in [4.78, 5) is 16.5. The molecular weight excluding hydrogens is 262 g/mol. The zero-order chi connectivity index (χ0) is 14.8. The first-order chi connectivity index (χ1) is 10.1. The second-order valence-electron chi connectivity index (χ2n) is 6.13. The number of amides is 1. The Hall–Kier alpha value is -1.81. The molecule has 0 N–H and O–H groups in total. The number of likely N-dealkylation sites (tertiary alicyclic amines) is 1. The van der Waals surface area contributed by atoms with E-state index in [2.05, 4.69) is 48.0 Å². The van der Waals surface area contributed by atoms with Crippen molar-refractivity contribution in [2.24, 2.45) is 0 Å². The molecular formula is C17H23N3O. The van der Waals surface area contributed by atoms with Crippen LogP contribution in [-0.4, -0.2) is 47.5 Å². The Bertz CT molecular complexity index is 639. The summed E-state index contributed by atoms with van der Waals surface area (Å²) < 4.78 is 2.22. The monoisotopic (exact) mass is 285 g/mol. The van der Waals surface area contributed by atoms with Crippen LogP contribution in [0, 0.1) is 0 Å². The van der Waals surface area contributed by atoms with Crippen molar-refractivity contribution in [1.29, 1.82) is 0 Å². The SMILES string of the molecule is CN(C)Cn1cc(CC(=O)N2CCCC2)c2ccccc21. The lowest BCUT2D eigenvalue weighted by Gasteiger charge is -2.14. The minimum atomic E-state index is 0.264. The molecule has 1 aromatic heterocycles. The van der Waals surface area contributed by atoms with Gasteiger partial charge in [0.05, 0.1) is 13.1 Å². The molecule has 0 saturated carbocycles. The second kappa shape index (κ2) is 5.90. The van der Waals surface area contributed by atoms with Gasteiger partial charge >= 0.3 is 0 Å². The molecule has 1 aromatic carbocycles. The molecule has 0 spiro atoms. The number of fused-ring (bicyclic) bond motifs is 1. The van der Waals surface area contributed by atoms with E-state index in [0.717, 1.165) is 38.2 Å². The fraction of sp³-hybridized carbons (Fsp3) is 0.471. The lowest BCUT2D eigenvalue weighted by atomic mass is 10.1. The van der Waals surface area contributed by atoms with Gasteiger partial charge in [0, 0.05) is 30.2 Å². The van der Waals surface area contributed by atoms with E-state index in [-0.39, 0.29) is 5.91 Å². The highest BCUT2D eigenvalue weighted by Crippen LogP contribution is 2.23. The standard InChI is InChI=1S/C17H23N3O/c1-18(2)13-20-12-14(15-7-3-4-8-16(15)20)11-17(21)19-9-5-6-10-19/h3-4,7-8,12H,5-6,9-11,13H2,1-2H3. The second-order valence-corrected chi connectivity index (χ2v) is 6.13. The van der Waals surface area contributed by atoms with Crippen molar-refractivity contribution in [1.82, 2.24) is 14.4 Å². The van der Waals surface area contributed by atoms with Gasteiger partial charge in [0.2, 0.25) is 5.91 Å². The van der Waals surface area contributed by atoms with Gasteiger partial charge in [-0.1, -0.05) is 18.2 Å². The van der Waals surface area contributed by atoms with E-state index in [1.807, 2.05) is 11.0 Å². The number of hydrogen-bond donors (Lipinski definition) is 0. The van der Waals surface area contributed by atoms with E-state index in [0.29, 0.717) is 6.42 Å². The largest absolute Gasteiger partial charge is 0.342 e. The molecule has 2 heterocycles. The molecule has 2 aromatic rings. The Kier molecular flexibility index (Phi) is 3.97. The van der Waals surface area contributed by atoms with E-state index in [1.165, 1.54) is 10.9 Å². The molecule has 4 nitrogen and oxygen atoms in total. The van der Waals surface area contributed by atoms with Gasteiger partial charge in [-0.25, -0.2) is 0 Å². The summed E-state index contributed by atoms with van der Waals surface area (Å²) in [6.45, 7) is 2.68. The van der Waals surface area contributed by atoms with Crippen molar-refractivity contribution in [3.8, 4) is 0 Å². The molecule has 1 saturated heterocycles. The summed E-state index contributed by atoms with van der Waals surface area (Å²) in [5.41, 5.74) is 2.35. The van der Waals surface area contributed by atoms with Gasteiger partial charge in [-0.05, 0) is 38.6 Å². The van der Waals surface area contributed by atoms with Gasteiger partial charge in [0.15, 0.2) is 0 Å². The fourth-order valence-corrected chi connectivity index (χ4v) is 3.13. The molecule has 0 unspecified atom stereocenters. The number of aromatic nitrogens is 1. The van der Waals surface area contributed by atoms with Gasteiger partial charge in [0.1, 0.15) is 0 Å². The van der Waals surface area contributed by atoms with Crippen LogP contribution in [-0.2, 0) is 17.9 Å². The van der Waals surface area contributed by atoms with Crippen LogP contribution in [0.2, 0.25) is 0 Å². The first kappa shape index (κ1) is 14.1. The van der Waals surface area contributed by atoms with Crippen LogP contribution < -0.4 is 0 Å². The number of carbonyl (C=O) groups is 1. The zero-order valence-corrected chi connectivity index (χ0v) is 12.9. The number of benzene rings is 1. The maximum absolute atomic E-state index is 12.4.